The summed E-state index contributed by atoms with van der Waals surface area (Å²) in [5.74, 6) is 0.930. The summed E-state index contributed by atoms with van der Waals surface area (Å²) in [5, 5.41) is 11.6. The Labute approximate surface area is 101 Å². The molecule has 1 aromatic heterocycles. The number of ether oxygens (including phenoxy) is 1. The van der Waals surface area contributed by atoms with Crippen LogP contribution in [0, 0.1) is 5.92 Å². The number of hydrogen-bond donors (Lipinski definition) is 1. The van der Waals surface area contributed by atoms with E-state index in [9.17, 15) is 0 Å². The van der Waals surface area contributed by atoms with Crippen molar-refractivity contribution in [3.63, 3.8) is 0 Å². The van der Waals surface area contributed by atoms with Crippen LogP contribution >= 0.6 is 0 Å². The summed E-state index contributed by atoms with van der Waals surface area (Å²) >= 11 is 0. The molecule has 0 saturated heterocycles. The standard InChI is InChI=1S/C12H17N3O2/c1-17-12-13-7-11(8-14-12)10-4-2-9(3-5-10)6-15-16/h6-10,16H,2-5H2,1H3. The molecule has 2 rings (SSSR count). The minimum absolute atomic E-state index is 0.412. The first kappa shape index (κ1) is 11.8. The predicted molar refractivity (Wildman–Crippen MR) is 63.6 cm³/mol. The molecule has 5 nitrogen and oxygen atoms in total. The molecule has 1 saturated carbocycles. The molecule has 92 valence electrons. The SMILES string of the molecule is COc1ncc(C2CCC(C=NO)CC2)cn1. The summed E-state index contributed by atoms with van der Waals surface area (Å²) in [7, 11) is 1.56. The van der Waals surface area contributed by atoms with Crippen LogP contribution in [-0.2, 0) is 0 Å². The lowest BCUT2D eigenvalue weighted by molar-refractivity contribution is 0.311. The first-order valence-electron chi connectivity index (χ1n) is 5.87. The number of aromatic nitrogens is 2. The molecule has 1 aliphatic carbocycles. The van der Waals surface area contributed by atoms with Gasteiger partial charge in [0, 0.05) is 18.6 Å². The zero-order valence-corrected chi connectivity index (χ0v) is 9.91. The summed E-state index contributed by atoms with van der Waals surface area (Å²) in [6, 6.07) is 0.412. The highest BCUT2D eigenvalue weighted by Crippen LogP contribution is 2.34. The molecule has 0 bridgehead atoms. The molecule has 0 radical (unpaired) electrons. The molecule has 0 amide bonds. The highest BCUT2D eigenvalue weighted by Gasteiger charge is 2.21. The van der Waals surface area contributed by atoms with Gasteiger partial charge in [-0.2, -0.15) is 0 Å². The van der Waals surface area contributed by atoms with Gasteiger partial charge in [-0.3, -0.25) is 0 Å². The maximum Gasteiger partial charge on any atom is 0.316 e. The number of oxime groups is 1. The smallest absolute Gasteiger partial charge is 0.316 e. The van der Waals surface area contributed by atoms with Crippen molar-refractivity contribution in [3.05, 3.63) is 18.0 Å². The van der Waals surface area contributed by atoms with Crippen LogP contribution < -0.4 is 4.74 Å². The van der Waals surface area contributed by atoms with E-state index in [4.69, 9.17) is 9.94 Å². The molecule has 17 heavy (non-hydrogen) atoms. The first-order chi connectivity index (χ1) is 8.33. The normalized spacial score (nSPS) is 25.0. The van der Waals surface area contributed by atoms with Crippen molar-refractivity contribution < 1.29 is 9.94 Å². The van der Waals surface area contributed by atoms with E-state index in [-0.39, 0.29) is 0 Å². The van der Waals surface area contributed by atoms with Crippen LogP contribution in [0.25, 0.3) is 0 Å². The van der Waals surface area contributed by atoms with Gasteiger partial charge in [-0.25, -0.2) is 9.97 Å². The third-order valence-corrected chi connectivity index (χ3v) is 3.35. The van der Waals surface area contributed by atoms with Crippen molar-refractivity contribution in [2.75, 3.05) is 7.11 Å². The van der Waals surface area contributed by atoms with E-state index in [1.54, 1.807) is 13.3 Å². The van der Waals surface area contributed by atoms with E-state index < -0.39 is 0 Å². The lowest BCUT2D eigenvalue weighted by Gasteiger charge is -2.25. The van der Waals surface area contributed by atoms with Crippen LogP contribution in [0.2, 0.25) is 0 Å². The van der Waals surface area contributed by atoms with Gasteiger partial charge < -0.3 is 9.94 Å². The fraction of sp³-hybridized carbons (Fsp3) is 0.583. The molecule has 1 aliphatic rings. The Kier molecular flexibility index (Phi) is 3.90. The van der Waals surface area contributed by atoms with Gasteiger partial charge in [0.2, 0.25) is 0 Å². The second kappa shape index (κ2) is 5.61. The van der Waals surface area contributed by atoms with Crippen LogP contribution in [0.5, 0.6) is 6.01 Å². The number of nitrogens with zero attached hydrogens (tertiary/aromatic N) is 3. The summed E-state index contributed by atoms with van der Waals surface area (Å²) in [6.45, 7) is 0. The first-order valence-corrected chi connectivity index (χ1v) is 5.87. The number of methoxy groups -OCH3 is 1. The Bertz CT molecular complexity index is 370. The fourth-order valence-electron chi connectivity index (χ4n) is 2.34. The van der Waals surface area contributed by atoms with Gasteiger partial charge in [0.15, 0.2) is 0 Å². The zero-order chi connectivity index (χ0) is 12.1. The average Bonchev–Trinajstić information content (AvgIpc) is 2.40. The summed E-state index contributed by atoms with van der Waals surface area (Å²) in [5.41, 5.74) is 1.17. The quantitative estimate of drug-likeness (QED) is 0.495. The zero-order valence-electron chi connectivity index (χ0n) is 9.91. The third-order valence-electron chi connectivity index (χ3n) is 3.35. The highest BCUT2D eigenvalue weighted by atomic mass is 16.5. The molecular formula is C12H17N3O2. The van der Waals surface area contributed by atoms with Gasteiger partial charge in [0.05, 0.1) is 7.11 Å². The minimum Gasteiger partial charge on any atom is -0.467 e. The summed E-state index contributed by atoms with van der Waals surface area (Å²) < 4.78 is 4.94. The van der Waals surface area contributed by atoms with Crippen LogP contribution in [-0.4, -0.2) is 28.5 Å². The third kappa shape index (κ3) is 2.93. The van der Waals surface area contributed by atoms with Crippen molar-refractivity contribution in [1.29, 1.82) is 0 Å². The molecule has 0 aliphatic heterocycles. The second-order valence-corrected chi connectivity index (χ2v) is 4.38. The van der Waals surface area contributed by atoms with Crippen LogP contribution in [0.3, 0.4) is 0 Å². The van der Waals surface area contributed by atoms with Gasteiger partial charge >= 0.3 is 6.01 Å². The molecule has 1 heterocycles. The fourth-order valence-corrected chi connectivity index (χ4v) is 2.34. The van der Waals surface area contributed by atoms with E-state index in [1.165, 1.54) is 5.56 Å². The van der Waals surface area contributed by atoms with Crippen molar-refractivity contribution >= 4 is 6.21 Å². The lowest BCUT2D eigenvalue weighted by Crippen LogP contribution is -2.14. The minimum atomic E-state index is 0.412. The number of hydrogen-bond acceptors (Lipinski definition) is 5. The Balaban J connectivity index is 1.95. The monoisotopic (exact) mass is 235 g/mol. The van der Waals surface area contributed by atoms with Crippen molar-refractivity contribution in [2.45, 2.75) is 31.6 Å². The van der Waals surface area contributed by atoms with Gasteiger partial charge in [0.25, 0.3) is 0 Å². The molecule has 0 atom stereocenters. The number of rotatable bonds is 3. The molecule has 0 unspecified atom stereocenters. The maximum atomic E-state index is 8.49. The molecule has 1 fully saturated rings. The predicted octanol–water partition coefficient (Wildman–Crippen LogP) is 2.22. The molecule has 1 aromatic rings. The maximum absolute atomic E-state index is 8.49. The largest absolute Gasteiger partial charge is 0.467 e. The topological polar surface area (TPSA) is 67.6 Å². The van der Waals surface area contributed by atoms with Crippen LogP contribution in [0.15, 0.2) is 17.5 Å². The van der Waals surface area contributed by atoms with Crippen molar-refractivity contribution in [3.8, 4) is 6.01 Å². The summed E-state index contributed by atoms with van der Waals surface area (Å²) in [4.78, 5) is 8.26. The van der Waals surface area contributed by atoms with Gasteiger partial charge in [-0.05, 0) is 43.1 Å². The molecule has 1 N–H and O–H groups in total. The highest BCUT2D eigenvalue weighted by molar-refractivity contribution is 5.59. The van der Waals surface area contributed by atoms with E-state index in [0.29, 0.717) is 17.8 Å². The molecule has 0 spiro atoms. The van der Waals surface area contributed by atoms with Gasteiger partial charge in [-0.15, -0.1) is 5.16 Å². The van der Waals surface area contributed by atoms with E-state index in [1.807, 2.05) is 12.4 Å². The van der Waals surface area contributed by atoms with Crippen molar-refractivity contribution in [2.24, 2.45) is 11.1 Å². The van der Waals surface area contributed by atoms with Gasteiger partial charge in [0.1, 0.15) is 0 Å². The Hall–Kier alpha value is -1.65. The molecular weight excluding hydrogens is 218 g/mol. The summed E-state index contributed by atoms with van der Waals surface area (Å²) in [6.07, 6.45) is 9.62. The Morgan fingerprint density at radius 1 is 1.29 bits per heavy atom. The van der Waals surface area contributed by atoms with Gasteiger partial charge in [-0.1, -0.05) is 0 Å². The van der Waals surface area contributed by atoms with Crippen LogP contribution in [0.1, 0.15) is 37.2 Å². The Morgan fingerprint density at radius 2 is 1.94 bits per heavy atom. The van der Waals surface area contributed by atoms with E-state index in [2.05, 4.69) is 15.1 Å². The van der Waals surface area contributed by atoms with Crippen molar-refractivity contribution in [1.82, 2.24) is 9.97 Å². The van der Waals surface area contributed by atoms with E-state index in [0.717, 1.165) is 25.7 Å². The average molecular weight is 235 g/mol. The molecule has 0 aromatic carbocycles. The van der Waals surface area contributed by atoms with E-state index >= 15 is 0 Å². The lowest BCUT2D eigenvalue weighted by atomic mass is 9.80. The van der Waals surface area contributed by atoms with Crippen LogP contribution in [0.4, 0.5) is 0 Å². The Morgan fingerprint density at radius 3 is 2.47 bits per heavy atom. The molecule has 5 heteroatoms. The second-order valence-electron chi connectivity index (χ2n) is 4.38.